The Morgan fingerprint density at radius 1 is 1.21 bits per heavy atom. The van der Waals surface area contributed by atoms with Crippen LogP contribution in [0.5, 0.6) is 0 Å². The summed E-state index contributed by atoms with van der Waals surface area (Å²) in [5.41, 5.74) is 0. The SMILES string of the molecule is COCCOCOC[C@](C)(S)C(=O)C(C)C(=O)OC. The van der Waals surface area contributed by atoms with Crippen LogP contribution in [0.2, 0.25) is 0 Å². The van der Waals surface area contributed by atoms with E-state index in [1.165, 1.54) is 14.0 Å². The second kappa shape index (κ2) is 9.30. The van der Waals surface area contributed by atoms with Gasteiger partial charge in [0.15, 0.2) is 5.78 Å². The lowest BCUT2D eigenvalue weighted by Crippen LogP contribution is -2.41. The van der Waals surface area contributed by atoms with E-state index in [2.05, 4.69) is 17.4 Å². The van der Waals surface area contributed by atoms with Gasteiger partial charge in [-0.15, -0.1) is 0 Å². The number of ketones is 1. The maximum absolute atomic E-state index is 12.0. The molecule has 0 bridgehead atoms. The van der Waals surface area contributed by atoms with E-state index in [0.717, 1.165) is 0 Å². The molecule has 0 heterocycles. The van der Waals surface area contributed by atoms with Crippen LogP contribution in [0.25, 0.3) is 0 Å². The van der Waals surface area contributed by atoms with E-state index in [-0.39, 0.29) is 19.2 Å². The lowest BCUT2D eigenvalue weighted by atomic mass is 9.95. The number of carbonyl (C=O) groups is 2. The molecular formula is C12H22O6S. The standard InChI is InChI=1S/C12H22O6S/c1-9(11(14)16-4)10(13)12(2,19)7-18-8-17-6-5-15-3/h9,19H,5-8H2,1-4H3/t9?,12-/m0/s1. The Morgan fingerprint density at radius 2 is 1.84 bits per heavy atom. The number of esters is 1. The van der Waals surface area contributed by atoms with Gasteiger partial charge in [-0.1, -0.05) is 0 Å². The molecule has 0 spiro atoms. The Morgan fingerprint density at radius 3 is 2.37 bits per heavy atom. The van der Waals surface area contributed by atoms with E-state index in [9.17, 15) is 9.59 Å². The predicted molar refractivity (Wildman–Crippen MR) is 72.2 cm³/mol. The van der Waals surface area contributed by atoms with Gasteiger partial charge in [-0.3, -0.25) is 9.59 Å². The Balaban J connectivity index is 4.08. The van der Waals surface area contributed by atoms with Crippen LogP contribution in [-0.2, 0) is 28.5 Å². The highest BCUT2D eigenvalue weighted by molar-refractivity contribution is 7.82. The van der Waals surface area contributed by atoms with Gasteiger partial charge in [0.2, 0.25) is 0 Å². The van der Waals surface area contributed by atoms with Crippen molar-refractivity contribution in [3.05, 3.63) is 0 Å². The van der Waals surface area contributed by atoms with Crippen LogP contribution in [0.1, 0.15) is 13.8 Å². The molecule has 0 saturated heterocycles. The van der Waals surface area contributed by atoms with Crippen molar-refractivity contribution in [1.82, 2.24) is 0 Å². The lowest BCUT2D eigenvalue weighted by molar-refractivity contribution is -0.150. The van der Waals surface area contributed by atoms with E-state index < -0.39 is 16.6 Å². The molecule has 1 unspecified atom stereocenters. The molecule has 0 aliphatic heterocycles. The first-order valence-corrected chi connectivity index (χ1v) is 6.30. The van der Waals surface area contributed by atoms with Gasteiger partial charge in [0, 0.05) is 7.11 Å². The average molecular weight is 294 g/mol. The zero-order valence-electron chi connectivity index (χ0n) is 11.8. The van der Waals surface area contributed by atoms with E-state index in [0.29, 0.717) is 13.2 Å². The van der Waals surface area contributed by atoms with Crippen molar-refractivity contribution in [3.8, 4) is 0 Å². The minimum absolute atomic E-state index is 0.0411. The fourth-order valence-electron chi connectivity index (χ4n) is 1.32. The second-order valence-electron chi connectivity index (χ2n) is 4.25. The molecule has 0 aromatic heterocycles. The Kier molecular flexibility index (Phi) is 8.99. The van der Waals surface area contributed by atoms with E-state index in [1.54, 1.807) is 14.0 Å². The van der Waals surface area contributed by atoms with Crippen LogP contribution in [-0.4, -0.2) is 57.3 Å². The quantitative estimate of drug-likeness (QED) is 0.210. The summed E-state index contributed by atoms with van der Waals surface area (Å²) >= 11 is 4.24. The van der Waals surface area contributed by atoms with Gasteiger partial charge in [-0.25, -0.2) is 0 Å². The maximum Gasteiger partial charge on any atom is 0.315 e. The molecule has 0 amide bonds. The highest BCUT2D eigenvalue weighted by Crippen LogP contribution is 2.21. The number of rotatable bonds is 10. The van der Waals surface area contributed by atoms with Gasteiger partial charge < -0.3 is 18.9 Å². The molecule has 0 rings (SSSR count). The number of thiol groups is 1. The van der Waals surface area contributed by atoms with Crippen molar-refractivity contribution in [2.24, 2.45) is 5.92 Å². The monoisotopic (exact) mass is 294 g/mol. The second-order valence-corrected chi connectivity index (χ2v) is 5.24. The largest absolute Gasteiger partial charge is 0.468 e. The van der Waals surface area contributed by atoms with Crippen LogP contribution in [0.15, 0.2) is 0 Å². The zero-order valence-corrected chi connectivity index (χ0v) is 12.7. The van der Waals surface area contributed by atoms with Crippen LogP contribution in [0, 0.1) is 5.92 Å². The molecule has 0 aromatic carbocycles. The third-order valence-electron chi connectivity index (χ3n) is 2.46. The molecule has 6 nitrogen and oxygen atoms in total. The van der Waals surface area contributed by atoms with Crippen LogP contribution < -0.4 is 0 Å². The van der Waals surface area contributed by atoms with Gasteiger partial charge >= 0.3 is 5.97 Å². The van der Waals surface area contributed by atoms with Crippen LogP contribution in [0.4, 0.5) is 0 Å². The molecule has 0 aromatic rings. The Labute approximate surface area is 119 Å². The minimum atomic E-state index is -1.07. The molecule has 112 valence electrons. The van der Waals surface area contributed by atoms with E-state index >= 15 is 0 Å². The summed E-state index contributed by atoms with van der Waals surface area (Å²) in [6.07, 6.45) is 0. The number of ether oxygens (including phenoxy) is 4. The Bertz CT molecular complexity index is 292. The molecule has 0 N–H and O–H groups in total. The van der Waals surface area contributed by atoms with Crippen molar-refractivity contribution in [2.45, 2.75) is 18.6 Å². The summed E-state index contributed by atoms with van der Waals surface area (Å²) in [6, 6.07) is 0. The first kappa shape index (κ1) is 18.4. The summed E-state index contributed by atoms with van der Waals surface area (Å²) < 4.78 is 18.5. The maximum atomic E-state index is 12.0. The lowest BCUT2D eigenvalue weighted by Gasteiger charge is -2.24. The third kappa shape index (κ3) is 6.91. The van der Waals surface area contributed by atoms with Gasteiger partial charge in [0.1, 0.15) is 12.7 Å². The van der Waals surface area contributed by atoms with Crippen molar-refractivity contribution in [2.75, 3.05) is 40.8 Å². The fraction of sp³-hybridized carbons (Fsp3) is 0.833. The summed E-state index contributed by atoms with van der Waals surface area (Å²) in [6.45, 7) is 4.04. The molecule has 0 saturated carbocycles. The van der Waals surface area contributed by atoms with Crippen LogP contribution >= 0.6 is 12.6 Å². The number of Topliss-reactive ketones (excluding diaryl/α,β-unsaturated/α-hetero) is 1. The van der Waals surface area contributed by atoms with Gasteiger partial charge in [-0.05, 0) is 13.8 Å². The highest BCUT2D eigenvalue weighted by atomic mass is 32.1. The summed E-state index contributed by atoms with van der Waals surface area (Å²) in [7, 11) is 2.81. The predicted octanol–water partition coefficient (Wildman–Crippen LogP) is 0.690. The van der Waals surface area contributed by atoms with E-state index in [1.807, 2.05) is 0 Å². The van der Waals surface area contributed by atoms with Crippen molar-refractivity contribution in [3.63, 3.8) is 0 Å². The molecular weight excluding hydrogens is 272 g/mol. The first-order valence-electron chi connectivity index (χ1n) is 5.85. The molecule has 7 heteroatoms. The third-order valence-corrected chi connectivity index (χ3v) is 2.81. The molecule has 0 fully saturated rings. The molecule has 0 aliphatic rings. The molecule has 0 aliphatic carbocycles. The average Bonchev–Trinajstić information content (AvgIpc) is 2.39. The first-order chi connectivity index (χ1) is 8.86. The van der Waals surface area contributed by atoms with Crippen molar-refractivity contribution in [1.29, 1.82) is 0 Å². The van der Waals surface area contributed by atoms with E-state index in [4.69, 9.17) is 14.2 Å². The zero-order chi connectivity index (χ0) is 14.9. The summed E-state index contributed by atoms with van der Waals surface area (Å²) in [4.78, 5) is 23.3. The molecule has 2 atom stereocenters. The topological polar surface area (TPSA) is 71.1 Å². The number of hydrogen-bond donors (Lipinski definition) is 1. The molecule has 0 radical (unpaired) electrons. The van der Waals surface area contributed by atoms with Gasteiger partial charge in [0.05, 0.1) is 31.7 Å². The van der Waals surface area contributed by atoms with Crippen molar-refractivity contribution >= 4 is 24.4 Å². The fourth-order valence-corrected chi connectivity index (χ4v) is 1.61. The normalized spacial score (nSPS) is 15.6. The highest BCUT2D eigenvalue weighted by Gasteiger charge is 2.36. The van der Waals surface area contributed by atoms with Crippen LogP contribution in [0.3, 0.4) is 0 Å². The number of hydrogen-bond acceptors (Lipinski definition) is 7. The number of carbonyl (C=O) groups excluding carboxylic acids is 2. The summed E-state index contributed by atoms with van der Waals surface area (Å²) in [5, 5.41) is 0. The smallest absolute Gasteiger partial charge is 0.315 e. The Hall–Kier alpha value is -0.630. The minimum Gasteiger partial charge on any atom is -0.468 e. The molecule has 19 heavy (non-hydrogen) atoms. The van der Waals surface area contributed by atoms with Gasteiger partial charge in [0.25, 0.3) is 0 Å². The number of methoxy groups -OCH3 is 2. The van der Waals surface area contributed by atoms with Gasteiger partial charge in [-0.2, -0.15) is 12.6 Å². The summed E-state index contributed by atoms with van der Waals surface area (Å²) in [5.74, 6) is -1.80. The van der Waals surface area contributed by atoms with Crippen molar-refractivity contribution < 1.29 is 28.5 Å².